The number of aromatic nitrogens is 3. The topological polar surface area (TPSA) is 33.6 Å². The van der Waals surface area contributed by atoms with Crippen molar-refractivity contribution in [2.75, 3.05) is 0 Å². The maximum atomic E-state index is 5.07. The molecule has 1 aromatic carbocycles. The van der Waals surface area contributed by atoms with Gasteiger partial charge in [0.05, 0.1) is 0 Å². The van der Waals surface area contributed by atoms with E-state index in [1.807, 2.05) is 23.7 Å². The number of benzene rings is 1. The summed E-state index contributed by atoms with van der Waals surface area (Å²) in [7, 11) is 1.93. The third-order valence-corrected chi connectivity index (χ3v) is 2.95. The molecule has 2 rings (SSSR count). The Morgan fingerprint density at radius 2 is 2.13 bits per heavy atom. The Kier molecular flexibility index (Phi) is 2.68. The van der Waals surface area contributed by atoms with Crippen molar-refractivity contribution in [2.45, 2.75) is 13.3 Å². The number of hydrogen-bond acceptors (Lipinski definition) is 2. The average molecular weight is 219 g/mol. The van der Waals surface area contributed by atoms with Crippen LogP contribution in [0.2, 0.25) is 0 Å². The Balaban J connectivity index is 2.34. The molecule has 0 aliphatic carbocycles. The molecule has 15 heavy (non-hydrogen) atoms. The number of nitrogens with one attached hydrogen (secondary N) is 1. The van der Waals surface area contributed by atoms with Gasteiger partial charge in [0.1, 0.15) is 5.82 Å². The molecule has 2 aromatic rings. The largest absolute Gasteiger partial charge is 0.307 e. The van der Waals surface area contributed by atoms with Gasteiger partial charge in [0, 0.05) is 13.5 Å². The first-order chi connectivity index (χ1) is 7.18. The van der Waals surface area contributed by atoms with Crippen molar-refractivity contribution in [3.8, 4) is 0 Å². The first-order valence-corrected chi connectivity index (χ1v) is 5.24. The number of aromatic amines is 1. The van der Waals surface area contributed by atoms with Crippen molar-refractivity contribution in [3.05, 3.63) is 46.0 Å². The van der Waals surface area contributed by atoms with E-state index in [0.29, 0.717) is 4.77 Å². The standard InChI is InChI=1S/C11H13N3S/c1-8-5-3-4-6-9(8)7-10-12-13-11(15)14(10)2/h3-6H,7H2,1-2H3,(H,13,15). The van der Waals surface area contributed by atoms with E-state index in [1.165, 1.54) is 11.1 Å². The summed E-state index contributed by atoms with van der Waals surface area (Å²) in [5.41, 5.74) is 2.57. The monoisotopic (exact) mass is 219 g/mol. The predicted molar refractivity (Wildman–Crippen MR) is 62.4 cm³/mol. The lowest BCUT2D eigenvalue weighted by molar-refractivity contribution is 0.811. The molecule has 0 saturated carbocycles. The van der Waals surface area contributed by atoms with Gasteiger partial charge in [-0.2, -0.15) is 5.10 Å². The molecule has 0 bridgehead atoms. The fourth-order valence-electron chi connectivity index (χ4n) is 1.52. The highest BCUT2D eigenvalue weighted by molar-refractivity contribution is 7.71. The predicted octanol–water partition coefficient (Wildman–Crippen LogP) is 2.38. The third-order valence-electron chi connectivity index (χ3n) is 2.58. The van der Waals surface area contributed by atoms with Gasteiger partial charge in [-0.1, -0.05) is 24.3 Å². The maximum Gasteiger partial charge on any atom is 0.194 e. The molecule has 0 spiro atoms. The normalized spacial score (nSPS) is 10.5. The van der Waals surface area contributed by atoms with Gasteiger partial charge >= 0.3 is 0 Å². The molecule has 0 atom stereocenters. The van der Waals surface area contributed by atoms with Crippen LogP contribution < -0.4 is 0 Å². The summed E-state index contributed by atoms with van der Waals surface area (Å²) < 4.78 is 2.57. The van der Waals surface area contributed by atoms with Crippen molar-refractivity contribution in [1.82, 2.24) is 14.8 Å². The summed E-state index contributed by atoms with van der Waals surface area (Å²) in [6.07, 6.45) is 0.816. The van der Waals surface area contributed by atoms with Crippen LogP contribution in [-0.2, 0) is 13.5 Å². The molecule has 0 radical (unpaired) electrons. The van der Waals surface area contributed by atoms with Crippen molar-refractivity contribution in [2.24, 2.45) is 7.05 Å². The summed E-state index contributed by atoms with van der Waals surface area (Å²) in [5, 5.41) is 6.99. The van der Waals surface area contributed by atoms with Crippen LogP contribution in [0.1, 0.15) is 17.0 Å². The summed E-state index contributed by atoms with van der Waals surface area (Å²) in [4.78, 5) is 0. The Morgan fingerprint density at radius 1 is 1.40 bits per heavy atom. The highest BCUT2D eigenvalue weighted by Crippen LogP contribution is 2.11. The Morgan fingerprint density at radius 3 is 2.73 bits per heavy atom. The lowest BCUT2D eigenvalue weighted by atomic mass is 10.1. The van der Waals surface area contributed by atoms with Gasteiger partial charge in [-0.05, 0) is 30.3 Å². The van der Waals surface area contributed by atoms with Crippen molar-refractivity contribution < 1.29 is 0 Å². The number of nitrogens with zero attached hydrogens (tertiary/aromatic N) is 2. The highest BCUT2D eigenvalue weighted by Gasteiger charge is 2.04. The lowest BCUT2D eigenvalue weighted by Gasteiger charge is -2.04. The molecular weight excluding hydrogens is 206 g/mol. The molecule has 1 aromatic heterocycles. The van der Waals surface area contributed by atoms with Crippen LogP contribution in [0.4, 0.5) is 0 Å². The van der Waals surface area contributed by atoms with Gasteiger partial charge in [0.15, 0.2) is 4.77 Å². The van der Waals surface area contributed by atoms with Gasteiger partial charge in [0.2, 0.25) is 0 Å². The SMILES string of the molecule is Cc1ccccc1Cc1n[nH]c(=S)n1C. The highest BCUT2D eigenvalue weighted by atomic mass is 32.1. The number of H-pyrrole nitrogens is 1. The number of aryl methyl sites for hydroxylation is 1. The van der Waals surface area contributed by atoms with E-state index in [4.69, 9.17) is 12.2 Å². The zero-order valence-corrected chi connectivity index (χ0v) is 9.64. The minimum atomic E-state index is 0.665. The van der Waals surface area contributed by atoms with E-state index in [1.54, 1.807) is 0 Å². The quantitative estimate of drug-likeness (QED) is 0.787. The molecule has 3 nitrogen and oxygen atoms in total. The van der Waals surface area contributed by atoms with E-state index < -0.39 is 0 Å². The smallest absolute Gasteiger partial charge is 0.194 e. The van der Waals surface area contributed by atoms with Crippen molar-refractivity contribution >= 4 is 12.2 Å². The number of rotatable bonds is 2. The van der Waals surface area contributed by atoms with Crippen LogP contribution in [0.5, 0.6) is 0 Å². The van der Waals surface area contributed by atoms with Gasteiger partial charge < -0.3 is 4.57 Å². The first-order valence-electron chi connectivity index (χ1n) is 4.83. The summed E-state index contributed by atoms with van der Waals surface area (Å²) in [5.74, 6) is 0.967. The third kappa shape index (κ3) is 1.99. The molecule has 4 heteroatoms. The zero-order valence-electron chi connectivity index (χ0n) is 8.82. The second-order valence-electron chi connectivity index (χ2n) is 3.61. The second kappa shape index (κ2) is 3.98. The van der Waals surface area contributed by atoms with E-state index in [-0.39, 0.29) is 0 Å². The van der Waals surface area contributed by atoms with Crippen LogP contribution in [-0.4, -0.2) is 14.8 Å². The minimum absolute atomic E-state index is 0.665. The Hall–Kier alpha value is -1.42. The molecular formula is C11H13N3S. The van der Waals surface area contributed by atoms with E-state index >= 15 is 0 Å². The zero-order chi connectivity index (χ0) is 10.8. The summed E-state index contributed by atoms with van der Waals surface area (Å²) >= 11 is 5.07. The van der Waals surface area contributed by atoms with Crippen LogP contribution >= 0.6 is 12.2 Å². The molecule has 0 unspecified atom stereocenters. The fraction of sp³-hybridized carbons (Fsp3) is 0.273. The summed E-state index contributed by atoms with van der Waals surface area (Å²) in [6, 6.07) is 8.31. The Labute approximate surface area is 93.8 Å². The average Bonchev–Trinajstić information content (AvgIpc) is 2.53. The second-order valence-corrected chi connectivity index (χ2v) is 3.99. The fourth-order valence-corrected chi connectivity index (χ4v) is 1.67. The summed E-state index contributed by atoms with van der Waals surface area (Å²) in [6.45, 7) is 2.11. The molecule has 0 aliphatic heterocycles. The molecule has 78 valence electrons. The number of hydrogen-bond donors (Lipinski definition) is 1. The van der Waals surface area contributed by atoms with Gasteiger partial charge in [-0.25, -0.2) is 0 Å². The lowest BCUT2D eigenvalue weighted by Crippen LogP contribution is -2.00. The molecule has 0 fully saturated rings. The van der Waals surface area contributed by atoms with E-state index in [0.717, 1.165) is 12.2 Å². The van der Waals surface area contributed by atoms with Crippen molar-refractivity contribution in [3.63, 3.8) is 0 Å². The molecule has 0 saturated heterocycles. The minimum Gasteiger partial charge on any atom is -0.307 e. The molecule has 1 N–H and O–H groups in total. The maximum absolute atomic E-state index is 5.07. The van der Waals surface area contributed by atoms with Crippen LogP contribution in [0, 0.1) is 11.7 Å². The van der Waals surface area contributed by atoms with Crippen molar-refractivity contribution in [1.29, 1.82) is 0 Å². The van der Waals surface area contributed by atoms with E-state index in [9.17, 15) is 0 Å². The van der Waals surface area contributed by atoms with Crippen LogP contribution in [0.3, 0.4) is 0 Å². The van der Waals surface area contributed by atoms with Crippen LogP contribution in [0.25, 0.3) is 0 Å². The first kappa shape index (κ1) is 10.1. The van der Waals surface area contributed by atoms with Gasteiger partial charge in [0.25, 0.3) is 0 Å². The van der Waals surface area contributed by atoms with Gasteiger partial charge in [-0.3, -0.25) is 5.10 Å². The molecule has 0 amide bonds. The molecule has 1 heterocycles. The Bertz CT molecular complexity index is 525. The van der Waals surface area contributed by atoms with E-state index in [2.05, 4.69) is 29.3 Å². The van der Waals surface area contributed by atoms with Gasteiger partial charge in [-0.15, -0.1) is 0 Å². The molecule has 0 aliphatic rings. The van der Waals surface area contributed by atoms with Crippen LogP contribution in [0.15, 0.2) is 24.3 Å².